The minimum atomic E-state index is -0.419. The number of amides is 1. The van der Waals surface area contributed by atoms with Crippen LogP contribution in [0.1, 0.15) is 34.6 Å². The van der Waals surface area contributed by atoms with Crippen molar-refractivity contribution in [2.24, 2.45) is 10.7 Å². The number of aliphatic imine (C=N–C) groups is 1. The number of guanidine groups is 1. The zero-order valence-electron chi connectivity index (χ0n) is 14.3. The highest BCUT2D eigenvalue weighted by Crippen LogP contribution is 2.26. The number of nitrogens with one attached hydrogen (secondary N) is 2. The van der Waals surface area contributed by atoms with E-state index in [0.717, 1.165) is 18.1 Å². The molecule has 0 saturated carbocycles. The van der Waals surface area contributed by atoms with E-state index in [9.17, 15) is 4.79 Å². The lowest BCUT2D eigenvalue weighted by molar-refractivity contribution is 0.1000. The van der Waals surface area contributed by atoms with Crippen molar-refractivity contribution in [3.05, 3.63) is 57.8 Å². The summed E-state index contributed by atoms with van der Waals surface area (Å²) in [5, 5.41) is 8.71. The van der Waals surface area contributed by atoms with E-state index in [1.54, 1.807) is 30.5 Å². The number of benzene rings is 1. The van der Waals surface area contributed by atoms with E-state index in [2.05, 4.69) is 47.0 Å². The molecule has 2 rings (SSSR count). The molecule has 1 amide bonds. The molecule has 24 heavy (non-hydrogen) atoms. The van der Waals surface area contributed by atoms with E-state index in [0.29, 0.717) is 12.1 Å². The second kappa shape index (κ2) is 7.97. The molecule has 6 heteroatoms. The number of hydrogen-bond donors (Lipinski definition) is 3. The molecule has 0 radical (unpaired) electrons. The fraction of sp³-hybridized carbons (Fsp3) is 0.333. The molecule has 0 atom stereocenters. The second-order valence-corrected chi connectivity index (χ2v) is 7.15. The Hall–Kier alpha value is -2.34. The van der Waals surface area contributed by atoms with Gasteiger partial charge in [-0.2, -0.15) is 0 Å². The summed E-state index contributed by atoms with van der Waals surface area (Å²) in [6.45, 7) is 5.75. The van der Waals surface area contributed by atoms with Crippen molar-refractivity contribution >= 4 is 23.2 Å². The molecule has 0 unspecified atom stereocenters. The fourth-order valence-corrected chi connectivity index (χ4v) is 3.15. The molecule has 0 fully saturated rings. The Morgan fingerprint density at radius 2 is 2.04 bits per heavy atom. The lowest BCUT2D eigenvalue weighted by atomic mass is 9.91. The van der Waals surface area contributed by atoms with Gasteiger partial charge < -0.3 is 16.4 Å². The highest BCUT2D eigenvalue weighted by atomic mass is 32.1. The molecule has 2 aromatic rings. The Morgan fingerprint density at radius 1 is 1.25 bits per heavy atom. The average molecular weight is 344 g/mol. The van der Waals surface area contributed by atoms with Gasteiger partial charge in [0.15, 0.2) is 5.96 Å². The van der Waals surface area contributed by atoms with Gasteiger partial charge in [0.2, 0.25) is 5.91 Å². The Balaban J connectivity index is 1.91. The Bertz CT molecular complexity index is 708. The summed E-state index contributed by atoms with van der Waals surface area (Å²) in [6.07, 6.45) is 0. The van der Waals surface area contributed by atoms with E-state index in [-0.39, 0.29) is 5.41 Å². The molecule has 1 heterocycles. The first-order valence-electron chi connectivity index (χ1n) is 7.79. The van der Waals surface area contributed by atoms with Crippen LogP contribution in [0.5, 0.6) is 0 Å². The van der Waals surface area contributed by atoms with Crippen LogP contribution in [0.15, 0.2) is 46.8 Å². The summed E-state index contributed by atoms with van der Waals surface area (Å²) in [7, 11) is 1.74. The normalized spacial score (nSPS) is 12.0. The maximum Gasteiger partial charge on any atom is 0.248 e. The Morgan fingerprint density at radius 3 is 2.67 bits per heavy atom. The molecule has 4 N–H and O–H groups in total. The monoisotopic (exact) mass is 344 g/mol. The van der Waals surface area contributed by atoms with Gasteiger partial charge in [-0.1, -0.05) is 32.0 Å². The van der Waals surface area contributed by atoms with Gasteiger partial charge in [-0.3, -0.25) is 9.79 Å². The van der Waals surface area contributed by atoms with E-state index in [1.807, 2.05) is 12.1 Å². The van der Waals surface area contributed by atoms with Gasteiger partial charge in [0.1, 0.15) is 0 Å². The van der Waals surface area contributed by atoms with Crippen LogP contribution in [0.3, 0.4) is 0 Å². The van der Waals surface area contributed by atoms with E-state index in [4.69, 9.17) is 5.73 Å². The van der Waals surface area contributed by atoms with E-state index < -0.39 is 5.91 Å². The van der Waals surface area contributed by atoms with E-state index >= 15 is 0 Å². The molecule has 0 saturated heterocycles. The molecule has 0 spiro atoms. The lowest BCUT2D eigenvalue weighted by Crippen LogP contribution is -2.42. The van der Waals surface area contributed by atoms with E-state index in [1.165, 1.54) is 4.88 Å². The first-order valence-corrected chi connectivity index (χ1v) is 8.67. The summed E-state index contributed by atoms with van der Waals surface area (Å²) < 4.78 is 0. The molecule has 1 aromatic heterocycles. The third-order valence-electron chi connectivity index (χ3n) is 3.78. The van der Waals surface area contributed by atoms with Crippen LogP contribution >= 0.6 is 11.3 Å². The van der Waals surface area contributed by atoms with Crippen molar-refractivity contribution in [1.29, 1.82) is 0 Å². The number of nitrogens with two attached hydrogens (primary N) is 1. The maximum atomic E-state index is 11.2. The molecule has 5 nitrogen and oxygen atoms in total. The molecule has 1 aromatic carbocycles. The number of hydrogen-bond acceptors (Lipinski definition) is 3. The van der Waals surface area contributed by atoms with Crippen molar-refractivity contribution < 1.29 is 4.79 Å². The van der Waals surface area contributed by atoms with Crippen LogP contribution in [-0.4, -0.2) is 25.5 Å². The first kappa shape index (κ1) is 18.0. The Labute approximate surface area is 147 Å². The molecule has 128 valence electrons. The number of thiophene rings is 1. The topological polar surface area (TPSA) is 79.5 Å². The van der Waals surface area contributed by atoms with Crippen molar-refractivity contribution in [2.45, 2.75) is 25.8 Å². The van der Waals surface area contributed by atoms with Crippen LogP contribution in [0.25, 0.3) is 0 Å². The van der Waals surface area contributed by atoms with Gasteiger partial charge in [-0.25, -0.2) is 0 Å². The molecular weight excluding hydrogens is 320 g/mol. The summed E-state index contributed by atoms with van der Waals surface area (Å²) in [6, 6.07) is 11.5. The van der Waals surface area contributed by atoms with Crippen molar-refractivity contribution in [3.63, 3.8) is 0 Å². The number of nitrogens with zero attached hydrogens (tertiary/aromatic N) is 1. The summed E-state index contributed by atoms with van der Waals surface area (Å²) in [4.78, 5) is 16.8. The average Bonchev–Trinajstić information content (AvgIpc) is 3.10. The van der Waals surface area contributed by atoms with Gasteiger partial charge >= 0.3 is 0 Å². The first-order chi connectivity index (χ1) is 11.4. The largest absolute Gasteiger partial charge is 0.366 e. The summed E-state index contributed by atoms with van der Waals surface area (Å²) in [5.41, 5.74) is 6.83. The predicted molar refractivity (Wildman–Crippen MR) is 101 cm³/mol. The predicted octanol–water partition coefficient (Wildman–Crippen LogP) is 2.49. The lowest BCUT2D eigenvalue weighted by Gasteiger charge is -2.25. The van der Waals surface area contributed by atoms with Crippen LogP contribution in [-0.2, 0) is 12.0 Å². The number of primary amides is 1. The fourth-order valence-electron chi connectivity index (χ4n) is 2.30. The highest BCUT2D eigenvalue weighted by Gasteiger charge is 2.21. The zero-order chi connectivity index (χ0) is 17.6. The minimum Gasteiger partial charge on any atom is -0.366 e. The van der Waals surface area contributed by atoms with Gasteiger partial charge in [0, 0.05) is 36.0 Å². The minimum absolute atomic E-state index is 0.0255. The van der Waals surface area contributed by atoms with Gasteiger partial charge in [0.25, 0.3) is 0 Å². The maximum absolute atomic E-state index is 11.2. The number of rotatable bonds is 6. The second-order valence-electron chi connectivity index (χ2n) is 6.21. The standard InChI is InChI=1S/C18H24N4OS/c1-18(2,15-8-5-9-24-15)12-22-17(20-3)21-11-13-6-4-7-14(10-13)16(19)23/h4-10H,11-12H2,1-3H3,(H2,19,23)(H2,20,21,22). The molecule has 0 aliphatic carbocycles. The number of carbonyl (C=O) groups excluding carboxylic acids is 1. The van der Waals surface area contributed by atoms with Gasteiger partial charge in [0.05, 0.1) is 0 Å². The van der Waals surface area contributed by atoms with Gasteiger partial charge in [-0.05, 0) is 29.1 Å². The van der Waals surface area contributed by atoms with Crippen LogP contribution in [0.2, 0.25) is 0 Å². The van der Waals surface area contributed by atoms with Crippen LogP contribution in [0.4, 0.5) is 0 Å². The molecule has 0 aliphatic rings. The third-order valence-corrected chi connectivity index (χ3v) is 5.02. The molecule has 0 aliphatic heterocycles. The van der Waals surface area contributed by atoms with Crippen molar-refractivity contribution in [1.82, 2.24) is 10.6 Å². The van der Waals surface area contributed by atoms with Crippen LogP contribution < -0.4 is 16.4 Å². The SMILES string of the molecule is CN=C(NCc1cccc(C(N)=O)c1)NCC(C)(C)c1cccs1. The quantitative estimate of drug-likeness (QED) is 0.556. The van der Waals surface area contributed by atoms with Crippen molar-refractivity contribution in [3.8, 4) is 0 Å². The highest BCUT2D eigenvalue weighted by molar-refractivity contribution is 7.10. The summed E-state index contributed by atoms with van der Waals surface area (Å²) in [5.74, 6) is 0.307. The summed E-state index contributed by atoms with van der Waals surface area (Å²) >= 11 is 1.76. The Kier molecular flexibility index (Phi) is 5.98. The molecular formula is C18H24N4OS. The molecule has 0 bridgehead atoms. The van der Waals surface area contributed by atoms with Crippen molar-refractivity contribution in [2.75, 3.05) is 13.6 Å². The smallest absolute Gasteiger partial charge is 0.248 e. The van der Waals surface area contributed by atoms with Crippen LogP contribution in [0, 0.1) is 0 Å². The third kappa shape index (κ3) is 4.83. The number of carbonyl (C=O) groups is 1. The van der Waals surface area contributed by atoms with Gasteiger partial charge in [-0.15, -0.1) is 11.3 Å². The zero-order valence-corrected chi connectivity index (χ0v) is 15.1.